The van der Waals surface area contributed by atoms with Crippen molar-refractivity contribution in [1.29, 1.82) is 5.26 Å². The number of benzene rings is 8. The Kier molecular flexibility index (Phi) is 15.5. The van der Waals surface area contributed by atoms with Gasteiger partial charge in [0, 0.05) is 38.6 Å². The second-order valence-electron chi connectivity index (χ2n) is 22.7. The van der Waals surface area contributed by atoms with E-state index in [0.29, 0.717) is 56.7 Å². The topological polar surface area (TPSA) is 82.2 Å². The first kappa shape index (κ1) is 55.3. The van der Waals surface area contributed by atoms with Crippen LogP contribution in [0.1, 0.15) is 60.0 Å². The van der Waals surface area contributed by atoms with Crippen molar-refractivity contribution in [1.82, 2.24) is 18.9 Å². The fourth-order valence-electron chi connectivity index (χ4n) is 11.3. The number of hydrogen-bond acceptors (Lipinski definition) is 7. The third-order valence-corrected chi connectivity index (χ3v) is 17.4. The highest BCUT2D eigenvalue weighted by Crippen LogP contribution is 2.40. The smallest absolute Gasteiger partial charge is 0.328 e. The highest BCUT2D eigenvalue weighted by atomic mass is 32.1. The molecule has 0 fully saturated rings. The van der Waals surface area contributed by atoms with Crippen molar-refractivity contribution in [3.05, 3.63) is 249 Å². The van der Waals surface area contributed by atoms with Gasteiger partial charge in [0.1, 0.15) is 33.2 Å². The van der Waals surface area contributed by atoms with Crippen LogP contribution in [0.5, 0.6) is 11.5 Å². The first-order chi connectivity index (χ1) is 40.8. The average Bonchev–Trinajstić information content (AvgIpc) is 1.63. The molecule has 0 saturated heterocycles. The van der Waals surface area contributed by atoms with Crippen LogP contribution in [0, 0.1) is 57.4 Å². The van der Waals surface area contributed by atoms with Gasteiger partial charge in [0.05, 0.1) is 45.6 Å². The molecular formula is C72H62B2N6O2S2. The number of thiazole rings is 2. The van der Waals surface area contributed by atoms with E-state index in [1.807, 2.05) is 48.5 Å². The van der Waals surface area contributed by atoms with Gasteiger partial charge in [0.15, 0.2) is 0 Å². The molecule has 0 saturated carbocycles. The lowest BCUT2D eigenvalue weighted by Crippen LogP contribution is -2.54. The number of rotatable bonds is 16. The lowest BCUT2D eigenvalue weighted by Gasteiger charge is -2.25. The molecule has 0 amide bonds. The number of fused-ring (bicyclic) bond motifs is 3. The third-order valence-electron chi connectivity index (χ3n) is 15.3. The fourth-order valence-corrected chi connectivity index (χ4v) is 13.2. The normalized spacial score (nSPS) is 12.2. The Labute approximate surface area is 500 Å². The number of aryl methyl sites for hydroxylation is 4. The second-order valence-corrected chi connectivity index (χ2v) is 24.8. The van der Waals surface area contributed by atoms with Crippen LogP contribution in [-0.4, -0.2) is 45.8 Å². The van der Waals surface area contributed by atoms with Crippen LogP contribution in [-0.2, 0) is 0 Å². The molecule has 0 aliphatic carbocycles. The van der Waals surface area contributed by atoms with Gasteiger partial charge in [-0.25, -0.2) is 14.8 Å². The summed E-state index contributed by atoms with van der Waals surface area (Å²) in [7, 11) is 0. The zero-order valence-electron chi connectivity index (χ0n) is 48.5. The quantitative estimate of drug-likeness (QED) is 0.0711. The van der Waals surface area contributed by atoms with Gasteiger partial charge < -0.3 is 18.4 Å². The molecule has 0 bridgehead atoms. The standard InChI is InChI=1S/C72H62B2N6O2S2/c1-45(2)43-81-57-18-14-16-51(40-57)67-64-65(70(66(76-9)72-78-61-21-11-13-23-63(61)84-72)80(67)74(55-36-28-49(7)29-37-55)56-38-30-50(8)31-39-56)68(52-17-15-19-58(41-52)82-44-46(3)4)79(69(64)59(42-75)71-77-60-20-10-12-22-62(60)83-71)73(53-32-24-47(5)25-33-53)54-34-26-48(6)27-35-54/h10-41,45-46H,43-44H2,1-8H3/b69-59-,70-66+. The van der Waals surface area contributed by atoms with Gasteiger partial charge in [-0.2, -0.15) is 5.26 Å². The van der Waals surface area contributed by atoms with Gasteiger partial charge in [0.25, 0.3) is 0 Å². The average molecular weight is 1130 g/mol. The predicted molar refractivity (Wildman–Crippen MR) is 353 cm³/mol. The number of ether oxygens (including phenoxy) is 2. The van der Waals surface area contributed by atoms with Gasteiger partial charge in [-0.3, -0.25) is 0 Å². The minimum absolute atomic E-state index is 0.262. The fraction of sp³-hybridized carbons (Fsp3) is 0.167. The van der Waals surface area contributed by atoms with Crippen LogP contribution in [0.15, 0.2) is 194 Å². The van der Waals surface area contributed by atoms with Crippen molar-refractivity contribution in [2.45, 2.75) is 55.4 Å². The number of nitrogens with zero attached hydrogens (tertiary/aromatic N) is 6. The molecule has 0 atom stereocenters. The molecule has 0 radical (unpaired) electrons. The predicted octanol–water partition coefficient (Wildman–Crippen LogP) is 13.4. The van der Waals surface area contributed by atoms with Crippen molar-refractivity contribution in [3.8, 4) is 40.1 Å². The van der Waals surface area contributed by atoms with Crippen LogP contribution in [0.2, 0.25) is 0 Å². The summed E-state index contributed by atoms with van der Waals surface area (Å²) in [6.07, 6.45) is 0. The minimum Gasteiger partial charge on any atom is -0.493 e. The Bertz CT molecular complexity index is 4180. The molecule has 0 unspecified atom stereocenters. The van der Waals surface area contributed by atoms with E-state index in [2.05, 4.69) is 216 Å². The molecule has 4 aromatic heterocycles. The maximum Gasteiger partial charge on any atom is 0.328 e. The van der Waals surface area contributed by atoms with E-state index in [4.69, 9.17) is 24.3 Å². The molecule has 410 valence electrons. The Morgan fingerprint density at radius 2 is 0.893 bits per heavy atom. The molecule has 12 heteroatoms. The molecule has 12 rings (SSSR count). The van der Waals surface area contributed by atoms with Crippen LogP contribution < -0.4 is 42.0 Å². The van der Waals surface area contributed by atoms with Crippen LogP contribution in [0.4, 0.5) is 0 Å². The first-order valence-corrected chi connectivity index (χ1v) is 30.3. The number of aromatic nitrogens is 4. The second kappa shape index (κ2) is 23.6. The monoisotopic (exact) mass is 1130 g/mol. The van der Waals surface area contributed by atoms with E-state index in [1.165, 1.54) is 22.7 Å². The van der Waals surface area contributed by atoms with E-state index in [-0.39, 0.29) is 11.8 Å². The molecule has 0 aliphatic heterocycles. The molecule has 12 aromatic rings. The molecule has 0 N–H and O–H groups in total. The first-order valence-electron chi connectivity index (χ1n) is 28.6. The maximum absolute atomic E-state index is 12.5. The Morgan fingerprint density at radius 1 is 0.512 bits per heavy atom. The summed E-state index contributed by atoms with van der Waals surface area (Å²) < 4.78 is 20.1. The van der Waals surface area contributed by atoms with E-state index in [0.717, 1.165) is 97.8 Å². The van der Waals surface area contributed by atoms with Crippen molar-refractivity contribution in [2.24, 2.45) is 11.8 Å². The molecule has 4 heterocycles. The van der Waals surface area contributed by atoms with Crippen molar-refractivity contribution < 1.29 is 9.47 Å². The van der Waals surface area contributed by atoms with Crippen molar-refractivity contribution in [2.75, 3.05) is 13.2 Å². The highest BCUT2D eigenvalue weighted by molar-refractivity contribution is 7.20. The van der Waals surface area contributed by atoms with Crippen LogP contribution in [0.3, 0.4) is 0 Å². The largest absolute Gasteiger partial charge is 0.493 e. The Hall–Kier alpha value is -9.19. The zero-order chi connectivity index (χ0) is 58.2. The number of nitriles is 1. The summed E-state index contributed by atoms with van der Waals surface area (Å²) in [4.78, 5) is 15.5. The van der Waals surface area contributed by atoms with Gasteiger partial charge >= 0.3 is 13.7 Å². The summed E-state index contributed by atoms with van der Waals surface area (Å²) >= 11 is 3.03. The molecule has 0 aliphatic rings. The van der Waals surface area contributed by atoms with E-state index in [1.54, 1.807) is 0 Å². The maximum atomic E-state index is 12.5. The zero-order valence-corrected chi connectivity index (χ0v) is 50.1. The highest BCUT2D eigenvalue weighted by Gasteiger charge is 2.38. The van der Waals surface area contributed by atoms with Gasteiger partial charge in [-0.15, -0.1) is 22.7 Å². The van der Waals surface area contributed by atoms with E-state index in [9.17, 15) is 11.8 Å². The summed E-state index contributed by atoms with van der Waals surface area (Å²) in [5.41, 5.74) is 14.2. The minimum atomic E-state index is -0.541. The van der Waals surface area contributed by atoms with Crippen molar-refractivity contribution in [3.63, 3.8) is 0 Å². The van der Waals surface area contributed by atoms with Crippen LogP contribution >= 0.6 is 22.7 Å². The molecule has 0 spiro atoms. The molecule has 84 heavy (non-hydrogen) atoms. The lowest BCUT2D eigenvalue weighted by atomic mass is 9.49. The number of hydrogen-bond donors (Lipinski definition) is 0. The Morgan fingerprint density at radius 3 is 1.29 bits per heavy atom. The molecule has 8 nitrogen and oxygen atoms in total. The summed E-state index contributed by atoms with van der Waals surface area (Å²) in [5, 5.41) is 16.5. The van der Waals surface area contributed by atoms with Crippen LogP contribution in [0.25, 0.3) is 69.8 Å². The van der Waals surface area contributed by atoms with E-state index < -0.39 is 13.7 Å². The SMILES string of the molecule is [C-]#[N+]/C(c1nc2ccccc2s1)=c1\c2c(-c3cccc(OCC(C)C)c3)n(B(c3ccc(C)cc3)c3ccc(C)cc3)/c(=C(/C#N)c3nc4ccccc4s3)c2c(-c2cccc(OCC(C)C)c2)n1B(c1ccc(C)cc1)c1ccc(C)cc1. The summed E-state index contributed by atoms with van der Waals surface area (Å²) in [6, 6.07) is 70.9. The lowest BCUT2D eigenvalue weighted by molar-refractivity contribution is 0.271. The molecule has 8 aromatic carbocycles. The van der Waals surface area contributed by atoms with E-state index >= 15 is 0 Å². The van der Waals surface area contributed by atoms with Crippen molar-refractivity contribution >= 4 is 101 Å². The summed E-state index contributed by atoms with van der Waals surface area (Å²) in [6.45, 7) is 26.7. The van der Waals surface area contributed by atoms with Gasteiger partial charge in [-0.1, -0.05) is 217 Å². The number of para-hydroxylation sites is 2. The third kappa shape index (κ3) is 10.8. The van der Waals surface area contributed by atoms with Gasteiger partial charge in [0.2, 0.25) is 5.70 Å². The molecular weight excluding hydrogens is 1070 g/mol. The Balaban J connectivity index is 1.44. The summed E-state index contributed by atoms with van der Waals surface area (Å²) in [5.74, 6) is 1.93. The van der Waals surface area contributed by atoms with Gasteiger partial charge in [-0.05, 0) is 88.1 Å².